The van der Waals surface area contributed by atoms with Gasteiger partial charge in [0.25, 0.3) is 5.91 Å². The Bertz CT molecular complexity index is 1090. The van der Waals surface area contributed by atoms with Gasteiger partial charge in [-0.2, -0.15) is 10.4 Å². The second-order valence-electron chi connectivity index (χ2n) is 5.99. The van der Waals surface area contributed by atoms with E-state index in [0.717, 1.165) is 11.6 Å². The van der Waals surface area contributed by atoms with E-state index < -0.39 is 11.7 Å². The Morgan fingerprint density at radius 1 is 1.10 bits per heavy atom. The van der Waals surface area contributed by atoms with E-state index in [1.807, 2.05) is 0 Å². The number of benzene rings is 3. The summed E-state index contributed by atoms with van der Waals surface area (Å²) in [5.41, 5.74) is 3.63. The molecule has 0 aliphatic heterocycles. The lowest BCUT2D eigenvalue weighted by Gasteiger charge is -2.07. The fraction of sp³-hybridized carbons (Fsp3) is 0.0455. The zero-order valence-electron chi connectivity index (χ0n) is 15.1. The van der Waals surface area contributed by atoms with Crippen LogP contribution in [0.3, 0.4) is 0 Å². The summed E-state index contributed by atoms with van der Waals surface area (Å²) in [4.78, 5) is 12.0. The molecule has 0 unspecified atom stereocenters. The normalized spacial score (nSPS) is 10.5. The number of carbonyl (C=O) groups is 1. The third-order valence-corrected chi connectivity index (χ3v) is 3.90. The summed E-state index contributed by atoms with van der Waals surface area (Å²) in [5.74, 6) is -1.27. The topological polar surface area (TPSA) is 74.5 Å². The van der Waals surface area contributed by atoms with Crippen LogP contribution in [0.15, 0.2) is 71.8 Å². The SMILES string of the molecule is N#Cc1ccc(C(=O)N/N=C\c2cccc(OCc3ccc(F)cc3)c2)c(F)c1. The molecule has 0 aliphatic carbocycles. The molecule has 0 spiro atoms. The first-order chi connectivity index (χ1) is 14.0. The van der Waals surface area contributed by atoms with Gasteiger partial charge in [0, 0.05) is 0 Å². The fourth-order valence-corrected chi connectivity index (χ4v) is 2.43. The van der Waals surface area contributed by atoms with E-state index in [-0.39, 0.29) is 23.6 Å². The fourth-order valence-electron chi connectivity index (χ4n) is 2.43. The van der Waals surface area contributed by atoms with Crippen molar-refractivity contribution in [2.45, 2.75) is 6.61 Å². The molecule has 3 aromatic rings. The number of hydrogen-bond donors (Lipinski definition) is 1. The molecule has 0 bridgehead atoms. The number of rotatable bonds is 6. The van der Waals surface area contributed by atoms with Crippen molar-refractivity contribution in [1.82, 2.24) is 5.43 Å². The highest BCUT2D eigenvalue weighted by atomic mass is 19.1. The molecule has 0 atom stereocenters. The molecule has 0 aromatic heterocycles. The minimum atomic E-state index is -0.798. The van der Waals surface area contributed by atoms with Crippen molar-refractivity contribution in [3.8, 4) is 11.8 Å². The molecular formula is C22H15F2N3O2. The third-order valence-electron chi connectivity index (χ3n) is 3.90. The Morgan fingerprint density at radius 2 is 1.90 bits per heavy atom. The van der Waals surface area contributed by atoms with Crippen LogP contribution >= 0.6 is 0 Å². The van der Waals surface area contributed by atoms with E-state index in [1.54, 1.807) is 42.5 Å². The molecule has 144 valence electrons. The van der Waals surface area contributed by atoms with Crippen LogP contribution in [0.5, 0.6) is 5.75 Å². The predicted octanol–water partition coefficient (Wildman–Crippen LogP) is 4.18. The van der Waals surface area contributed by atoms with Gasteiger partial charge in [0.05, 0.1) is 23.4 Å². The molecule has 0 fully saturated rings. The second-order valence-corrected chi connectivity index (χ2v) is 5.99. The first-order valence-electron chi connectivity index (χ1n) is 8.55. The van der Waals surface area contributed by atoms with Crippen LogP contribution in [-0.4, -0.2) is 12.1 Å². The molecule has 3 rings (SSSR count). The molecule has 0 saturated carbocycles. The zero-order chi connectivity index (χ0) is 20.6. The van der Waals surface area contributed by atoms with Crippen molar-refractivity contribution in [2.75, 3.05) is 0 Å². The smallest absolute Gasteiger partial charge is 0.274 e. The first-order valence-corrected chi connectivity index (χ1v) is 8.55. The Morgan fingerprint density at radius 3 is 2.62 bits per heavy atom. The van der Waals surface area contributed by atoms with Gasteiger partial charge in [-0.3, -0.25) is 4.79 Å². The van der Waals surface area contributed by atoms with Gasteiger partial charge in [0.15, 0.2) is 0 Å². The summed E-state index contributed by atoms with van der Waals surface area (Å²) in [6, 6.07) is 18.3. The quantitative estimate of drug-likeness (QED) is 0.506. The molecule has 0 saturated heterocycles. The average molecular weight is 391 g/mol. The molecule has 1 amide bonds. The molecule has 3 aromatic carbocycles. The standard InChI is InChI=1S/C22H15F2N3O2/c23-18-7-4-15(5-8-18)14-29-19-3-1-2-17(10-19)13-26-27-22(28)20-9-6-16(12-25)11-21(20)24/h1-11,13H,14H2,(H,27,28)/b26-13-. The van der Waals surface area contributed by atoms with Gasteiger partial charge in [-0.15, -0.1) is 0 Å². The number of amides is 1. The maximum absolute atomic E-state index is 13.8. The van der Waals surface area contributed by atoms with Crippen LogP contribution < -0.4 is 10.2 Å². The molecule has 5 nitrogen and oxygen atoms in total. The van der Waals surface area contributed by atoms with E-state index in [2.05, 4.69) is 10.5 Å². The monoisotopic (exact) mass is 391 g/mol. The summed E-state index contributed by atoms with van der Waals surface area (Å²) in [5, 5.41) is 12.5. The summed E-state index contributed by atoms with van der Waals surface area (Å²) in [6.45, 7) is 0.273. The summed E-state index contributed by atoms with van der Waals surface area (Å²) in [6.07, 6.45) is 1.39. The summed E-state index contributed by atoms with van der Waals surface area (Å²) in [7, 11) is 0. The van der Waals surface area contributed by atoms with E-state index >= 15 is 0 Å². The lowest BCUT2D eigenvalue weighted by atomic mass is 10.1. The van der Waals surface area contributed by atoms with Gasteiger partial charge < -0.3 is 4.74 Å². The van der Waals surface area contributed by atoms with Crippen LogP contribution in [0, 0.1) is 23.0 Å². The Labute approximate surface area is 165 Å². The number of hydrazone groups is 1. The predicted molar refractivity (Wildman–Crippen MR) is 103 cm³/mol. The number of nitrogens with zero attached hydrogens (tertiary/aromatic N) is 2. The summed E-state index contributed by atoms with van der Waals surface area (Å²) < 4.78 is 32.4. The minimum absolute atomic E-state index is 0.125. The lowest BCUT2D eigenvalue weighted by molar-refractivity contribution is 0.0951. The molecule has 0 aliphatic rings. The number of nitriles is 1. The van der Waals surface area contributed by atoms with Crippen molar-refractivity contribution in [1.29, 1.82) is 5.26 Å². The van der Waals surface area contributed by atoms with Crippen molar-refractivity contribution in [3.05, 3.63) is 101 Å². The van der Waals surface area contributed by atoms with E-state index in [0.29, 0.717) is 11.3 Å². The van der Waals surface area contributed by atoms with Crippen molar-refractivity contribution < 1.29 is 18.3 Å². The van der Waals surface area contributed by atoms with Crippen molar-refractivity contribution in [2.24, 2.45) is 5.10 Å². The molecule has 7 heteroatoms. The van der Waals surface area contributed by atoms with E-state index in [4.69, 9.17) is 10.00 Å². The lowest BCUT2D eigenvalue weighted by Crippen LogP contribution is -2.19. The van der Waals surface area contributed by atoms with Gasteiger partial charge in [-0.1, -0.05) is 24.3 Å². The number of carbonyl (C=O) groups excluding carboxylic acids is 1. The second kappa shape index (κ2) is 9.24. The zero-order valence-corrected chi connectivity index (χ0v) is 15.1. The molecule has 1 N–H and O–H groups in total. The molecule has 0 radical (unpaired) electrons. The van der Waals surface area contributed by atoms with E-state index in [9.17, 15) is 13.6 Å². The van der Waals surface area contributed by atoms with Crippen LogP contribution in [0.25, 0.3) is 0 Å². The maximum atomic E-state index is 13.8. The van der Waals surface area contributed by atoms with Crippen LogP contribution in [-0.2, 0) is 6.61 Å². The van der Waals surface area contributed by atoms with Gasteiger partial charge in [0.2, 0.25) is 0 Å². The largest absolute Gasteiger partial charge is 0.489 e. The van der Waals surface area contributed by atoms with Gasteiger partial charge in [-0.25, -0.2) is 14.2 Å². The maximum Gasteiger partial charge on any atom is 0.274 e. The Balaban J connectivity index is 1.59. The van der Waals surface area contributed by atoms with Crippen LogP contribution in [0.2, 0.25) is 0 Å². The van der Waals surface area contributed by atoms with Gasteiger partial charge in [-0.05, 0) is 53.6 Å². The Hall–Kier alpha value is -4.05. The van der Waals surface area contributed by atoms with Gasteiger partial charge >= 0.3 is 0 Å². The highest BCUT2D eigenvalue weighted by Crippen LogP contribution is 2.15. The first kappa shape index (κ1) is 19.7. The highest BCUT2D eigenvalue weighted by molar-refractivity contribution is 5.95. The number of halogens is 2. The summed E-state index contributed by atoms with van der Waals surface area (Å²) >= 11 is 0. The molecule has 29 heavy (non-hydrogen) atoms. The van der Waals surface area contributed by atoms with Crippen molar-refractivity contribution in [3.63, 3.8) is 0 Å². The Kier molecular flexibility index (Phi) is 6.28. The highest BCUT2D eigenvalue weighted by Gasteiger charge is 2.11. The number of hydrogen-bond acceptors (Lipinski definition) is 4. The average Bonchev–Trinajstić information content (AvgIpc) is 2.73. The number of nitrogens with one attached hydrogen (secondary N) is 1. The van der Waals surface area contributed by atoms with E-state index in [1.165, 1.54) is 30.5 Å². The number of ether oxygens (including phenoxy) is 1. The molecular weight excluding hydrogens is 376 g/mol. The van der Waals surface area contributed by atoms with Gasteiger partial charge in [0.1, 0.15) is 24.0 Å². The molecule has 0 heterocycles. The van der Waals surface area contributed by atoms with Crippen molar-refractivity contribution >= 4 is 12.1 Å². The van der Waals surface area contributed by atoms with Crippen LogP contribution in [0.1, 0.15) is 27.0 Å². The third kappa shape index (κ3) is 5.47. The minimum Gasteiger partial charge on any atom is -0.489 e. The van der Waals surface area contributed by atoms with Crippen LogP contribution in [0.4, 0.5) is 8.78 Å².